The predicted molar refractivity (Wildman–Crippen MR) is 84.8 cm³/mol. The molecule has 24 heavy (non-hydrogen) atoms. The summed E-state index contributed by atoms with van der Waals surface area (Å²) >= 11 is 0. The molecule has 1 rings (SSSR count). The van der Waals surface area contributed by atoms with Crippen LogP contribution in [0.2, 0.25) is 0 Å². The molecule has 4 N–H and O–H groups in total. The Hall–Kier alpha value is -2.00. The van der Waals surface area contributed by atoms with E-state index < -0.39 is 29.7 Å². The number of carboxylic acids is 3. The summed E-state index contributed by atoms with van der Waals surface area (Å²) in [4.78, 5) is 43.5. The van der Waals surface area contributed by atoms with Crippen LogP contribution in [0.3, 0.4) is 0 Å². The van der Waals surface area contributed by atoms with Gasteiger partial charge in [-0.2, -0.15) is 0 Å². The number of rotatable bonds is 8. The number of ketones is 1. The quantitative estimate of drug-likeness (QED) is 0.442. The lowest BCUT2D eigenvalue weighted by Gasteiger charge is -2.18. The molecule has 0 bridgehead atoms. The summed E-state index contributed by atoms with van der Waals surface area (Å²) in [5, 5.41) is 28.4. The number of Topliss-reactive ketones (excluding diaryl/α,β-unsaturated/α-hetero) is 1. The van der Waals surface area contributed by atoms with E-state index in [0.717, 1.165) is 0 Å². The molecule has 0 aromatic heterocycles. The number of likely N-dealkylation sites (tertiary alicyclic amines) is 1. The van der Waals surface area contributed by atoms with Gasteiger partial charge in [0.1, 0.15) is 12.1 Å². The molecule has 0 aromatic carbocycles. The number of nitrogens with one attached hydrogen (secondary N) is 1. The fourth-order valence-electron chi connectivity index (χ4n) is 2.36. The van der Waals surface area contributed by atoms with Crippen LogP contribution in [0, 0.1) is 5.92 Å². The number of carboxylic acid groups (broad SMARTS) is 3. The van der Waals surface area contributed by atoms with Gasteiger partial charge in [0.25, 0.3) is 5.78 Å². The van der Waals surface area contributed by atoms with Crippen LogP contribution in [-0.2, 0) is 19.2 Å². The maximum Gasteiger partial charge on any atom is 0.373 e. The fraction of sp³-hybridized carbons (Fsp3) is 0.733. The van der Waals surface area contributed by atoms with Crippen LogP contribution in [0.1, 0.15) is 33.1 Å². The zero-order valence-electron chi connectivity index (χ0n) is 14.2. The molecule has 9 heteroatoms. The number of nitrogens with zero attached hydrogens (tertiary/aromatic N) is 1. The number of aliphatic carboxylic acids is 3. The second kappa shape index (κ2) is 10.7. The standard InChI is InChI=1S/C8H11NO5.C7H15NO2/c10-6(8(13)14)4-9-3-1-2-5(9)7(11)12;1-5(2)4-6(8-3)7(9)10/h5H,1-4H2,(H,11,12)(H,13,14);5-6,8H,4H2,1-3H3,(H,9,10)/t5-;6-/m00/s1. The largest absolute Gasteiger partial charge is 0.480 e. The van der Waals surface area contributed by atoms with Crippen molar-refractivity contribution in [2.45, 2.75) is 45.2 Å². The van der Waals surface area contributed by atoms with E-state index in [-0.39, 0.29) is 12.6 Å². The lowest BCUT2D eigenvalue weighted by Crippen LogP contribution is -2.40. The lowest BCUT2D eigenvalue weighted by atomic mass is 10.0. The highest BCUT2D eigenvalue weighted by atomic mass is 16.4. The van der Waals surface area contributed by atoms with Crippen LogP contribution in [0.4, 0.5) is 0 Å². The molecule has 1 saturated heterocycles. The van der Waals surface area contributed by atoms with Gasteiger partial charge in [-0.3, -0.25) is 19.3 Å². The first kappa shape index (κ1) is 22.0. The second-order valence-corrected chi connectivity index (χ2v) is 6.00. The monoisotopic (exact) mass is 346 g/mol. The van der Waals surface area contributed by atoms with Gasteiger partial charge in [0.05, 0.1) is 6.54 Å². The van der Waals surface area contributed by atoms with Crippen molar-refractivity contribution in [3.63, 3.8) is 0 Å². The first-order chi connectivity index (χ1) is 11.1. The zero-order chi connectivity index (χ0) is 18.9. The van der Waals surface area contributed by atoms with Crippen LogP contribution in [0.5, 0.6) is 0 Å². The van der Waals surface area contributed by atoms with Crippen LogP contribution in [-0.4, -0.2) is 76.1 Å². The third-order valence-electron chi connectivity index (χ3n) is 3.59. The highest BCUT2D eigenvalue weighted by Crippen LogP contribution is 2.16. The Balaban J connectivity index is 0.000000470. The molecular weight excluding hydrogens is 320 g/mol. The van der Waals surface area contributed by atoms with Crippen molar-refractivity contribution in [3.8, 4) is 0 Å². The van der Waals surface area contributed by atoms with E-state index in [0.29, 0.717) is 31.7 Å². The first-order valence-corrected chi connectivity index (χ1v) is 7.73. The van der Waals surface area contributed by atoms with E-state index >= 15 is 0 Å². The highest BCUT2D eigenvalue weighted by molar-refractivity contribution is 6.33. The maximum absolute atomic E-state index is 10.8. The Kier molecular flexibility index (Phi) is 9.82. The van der Waals surface area contributed by atoms with Crippen molar-refractivity contribution >= 4 is 23.7 Å². The smallest absolute Gasteiger partial charge is 0.373 e. The Morgan fingerprint density at radius 1 is 1.17 bits per heavy atom. The van der Waals surface area contributed by atoms with Gasteiger partial charge in [-0.1, -0.05) is 13.8 Å². The van der Waals surface area contributed by atoms with Gasteiger partial charge in [-0.05, 0) is 38.8 Å². The predicted octanol–water partition coefficient (Wildman–Crippen LogP) is -0.106. The SMILES string of the molecule is CN[C@@H](CC(C)C)C(=O)O.O=C(O)C(=O)CN1CCC[C@H]1C(=O)O. The van der Waals surface area contributed by atoms with Crippen LogP contribution >= 0.6 is 0 Å². The average molecular weight is 346 g/mol. The molecule has 0 amide bonds. The molecule has 0 spiro atoms. The van der Waals surface area contributed by atoms with E-state index in [4.69, 9.17) is 15.3 Å². The topological polar surface area (TPSA) is 144 Å². The first-order valence-electron chi connectivity index (χ1n) is 7.73. The van der Waals surface area contributed by atoms with E-state index in [1.165, 1.54) is 4.90 Å². The maximum atomic E-state index is 10.8. The van der Waals surface area contributed by atoms with Gasteiger partial charge in [0.15, 0.2) is 0 Å². The highest BCUT2D eigenvalue weighted by Gasteiger charge is 2.32. The van der Waals surface area contributed by atoms with Gasteiger partial charge in [0, 0.05) is 0 Å². The molecule has 2 atom stereocenters. The minimum absolute atomic E-state index is 0.313. The Bertz CT molecular complexity index is 465. The van der Waals surface area contributed by atoms with Crippen molar-refractivity contribution in [3.05, 3.63) is 0 Å². The minimum atomic E-state index is -1.51. The van der Waals surface area contributed by atoms with Gasteiger partial charge >= 0.3 is 17.9 Å². The van der Waals surface area contributed by atoms with E-state index in [1.807, 2.05) is 13.8 Å². The summed E-state index contributed by atoms with van der Waals surface area (Å²) in [5.74, 6) is -3.82. The summed E-state index contributed by atoms with van der Waals surface area (Å²) in [6.45, 7) is 4.17. The third-order valence-corrected chi connectivity index (χ3v) is 3.59. The average Bonchev–Trinajstić information content (AvgIpc) is 2.93. The normalized spacial score (nSPS) is 18.6. The summed E-state index contributed by atoms with van der Waals surface area (Å²) in [5.41, 5.74) is 0. The number of hydrogen-bond acceptors (Lipinski definition) is 6. The molecule has 0 radical (unpaired) electrons. The molecule has 0 aliphatic carbocycles. The molecule has 1 heterocycles. The molecule has 0 aromatic rings. The Morgan fingerprint density at radius 2 is 1.75 bits per heavy atom. The molecule has 1 aliphatic rings. The van der Waals surface area contributed by atoms with Gasteiger partial charge in [-0.15, -0.1) is 0 Å². The van der Waals surface area contributed by atoms with Crippen LogP contribution < -0.4 is 5.32 Å². The zero-order valence-corrected chi connectivity index (χ0v) is 14.2. The molecule has 1 fully saturated rings. The van der Waals surface area contributed by atoms with Crippen molar-refractivity contribution < 1.29 is 34.5 Å². The Labute approximate surface area is 140 Å². The molecule has 138 valence electrons. The minimum Gasteiger partial charge on any atom is -0.480 e. The summed E-state index contributed by atoms with van der Waals surface area (Å²) in [6.07, 6.45) is 1.85. The van der Waals surface area contributed by atoms with Crippen molar-refractivity contribution in [2.24, 2.45) is 5.92 Å². The number of likely N-dealkylation sites (N-methyl/N-ethyl adjacent to an activating group) is 1. The van der Waals surface area contributed by atoms with Crippen LogP contribution in [0.25, 0.3) is 0 Å². The molecule has 1 aliphatic heterocycles. The Morgan fingerprint density at radius 3 is 2.08 bits per heavy atom. The summed E-state index contributed by atoms with van der Waals surface area (Å²) in [6, 6.07) is -1.10. The van der Waals surface area contributed by atoms with E-state index in [2.05, 4.69) is 5.32 Å². The fourth-order valence-corrected chi connectivity index (χ4v) is 2.36. The van der Waals surface area contributed by atoms with Gasteiger partial charge < -0.3 is 20.6 Å². The number of carbonyl (C=O) groups is 4. The third kappa shape index (κ3) is 8.02. The lowest BCUT2D eigenvalue weighted by molar-refractivity contribution is -0.151. The summed E-state index contributed by atoms with van der Waals surface area (Å²) in [7, 11) is 1.67. The van der Waals surface area contributed by atoms with Gasteiger partial charge in [0.2, 0.25) is 0 Å². The van der Waals surface area contributed by atoms with Crippen molar-refractivity contribution in [1.29, 1.82) is 0 Å². The second-order valence-electron chi connectivity index (χ2n) is 6.00. The van der Waals surface area contributed by atoms with Crippen molar-refractivity contribution in [2.75, 3.05) is 20.1 Å². The van der Waals surface area contributed by atoms with E-state index in [1.54, 1.807) is 7.05 Å². The molecule has 0 unspecified atom stereocenters. The van der Waals surface area contributed by atoms with Gasteiger partial charge in [-0.25, -0.2) is 4.79 Å². The number of hydrogen-bond donors (Lipinski definition) is 4. The van der Waals surface area contributed by atoms with Crippen LogP contribution in [0.15, 0.2) is 0 Å². The summed E-state index contributed by atoms with van der Waals surface area (Å²) < 4.78 is 0. The molecule has 0 saturated carbocycles. The molecule has 9 nitrogen and oxygen atoms in total. The number of carbonyl (C=O) groups excluding carboxylic acids is 1. The molecular formula is C15H26N2O7. The van der Waals surface area contributed by atoms with Crippen molar-refractivity contribution in [1.82, 2.24) is 10.2 Å². The van der Waals surface area contributed by atoms with E-state index in [9.17, 15) is 19.2 Å².